The van der Waals surface area contributed by atoms with Gasteiger partial charge in [-0.25, -0.2) is 4.98 Å². The Balaban J connectivity index is 1.52. The second kappa shape index (κ2) is 10.8. The normalized spacial score (nSPS) is 11.4. The van der Waals surface area contributed by atoms with E-state index in [0.29, 0.717) is 42.5 Å². The summed E-state index contributed by atoms with van der Waals surface area (Å²) in [5.41, 5.74) is 5.01. The number of nitrogens with one attached hydrogen (secondary N) is 1. The van der Waals surface area contributed by atoms with Crippen molar-refractivity contribution >= 4 is 33.5 Å². The van der Waals surface area contributed by atoms with Gasteiger partial charge in [-0.2, -0.15) is 5.26 Å². The van der Waals surface area contributed by atoms with Crippen molar-refractivity contribution in [3.63, 3.8) is 0 Å². The third-order valence-electron chi connectivity index (χ3n) is 6.15. The molecule has 0 saturated heterocycles. The Morgan fingerprint density at radius 3 is 2.62 bits per heavy atom. The summed E-state index contributed by atoms with van der Waals surface area (Å²) in [6.45, 7) is 6.77. The molecule has 0 unspecified atom stereocenters. The van der Waals surface area contributed by atoms with Gasteiger partial charge in [-0.3, -0.25) is 0 Å². The van der Waals surface area contributed by atoms with Crippen molar-refractivity contribution < 1.29 is 9.47 Å². The van der Waals surface area contributed by atoms with Crippen LogP contribution >= 0.6 is 0 Å². The lowest BCUT2D eigenvalue weighted by atomic mass is 10.0. The van der Waals surface area contributed by atoms with Crippen LogP contribution in [0.15, 0.2) is 91.5 Å². The standard InChI is InChI=1S/C32H27N3O2/c1-3-10-24-17-22(18-26(20-33)32-34-28-15-7-8-16-29(28)35-32)19-30(36-4-2)31(24)37-21-25-13-9-12-23-11-5-6-14-27(23)25/h3,5-9,11-19H,1,4,10,21H2,2H3,(H,34,35)/b26-18+. The molecule has 0 amide bonds. The van der Waals surface area contributed by atoms with Gasteiger partial charge in [0.15, 0.2) is 11.5 Å². The summed E-state index contributed by atoms with van der Waals surface area (Å²) in [6.07, 6.45) is 4.26. The van der Waals surface area contributed by atoms with Crippen molar-refractivity contribution in [1.82, 2.24) is 9.97 Å². The molecule has 0 aliphatic carbocycles. The minimum Gasteiger partial charge on any atom is -0.490 e. The highest BCUT2D eigenvalue weighted by atomic mass is 16.5. The maximum atomic E-state index is 9.91. The van der Waals surface area contributed by atoms with Crippen molar-refractivity contribution in [2.45, 2.75) is 20.0 Å². The van der Waals surface area contributed by atoms with Crippen LogP contribution in [0.4, 0.5) is 0 Å². The SMILES string of the molecule is C=CCc1cc(/C=C(\C#N)c2nc3ccccc3[nH]2)cc(OCC)c1OCc1cccc2ccccc12. The highest BCUT2D eigenvalue weighted by molar-refractivity contribution is 5.90. The predicted octanol–water partition coefficient (Wildman–Crippen LogP) is 7.49. The predicted molar refractivity (Wildman–Crippen MR) is 149 cm³/mol. The van der Waals surface area contributed by atoms with E-state index in [9.17, 15) is 5.26 Å². The summed E-state index contributed by atoms with van der Waals surface area (Å²) in [4.78, 5) is 7.82. The Morgan fingerprint density at radius 2 is 1.81 bits per heavy atom. The Kier molecular flexibility index (Phi) is 7.00. The van der Waals surface area contributed by atoms with E-state index in [2.05, 4.69) is 46.9 Å². The van der Waals surface area contributed by atoms with Crippen LogP contribution < -0.4 is 9.47 Å². The molecule has 0 aliphatic heterocycles. The van der Waals surface area contributed by atoms with Gasteiger partial charge in [0.2, 0.25) is 0 Å². The third-order valence-corrected chi connectivity index (χ3v) is 6.15. The van der Waals surface area contributed by atoms with Crippen LogP contribution in [0.25, 0.3) is 33.5 Å². The number of H-pyrrole nitrogens is 1. The van der Waals surface area contributed by atoms with Gasteiger partial charge in [-0.15, -0.1) is 6.58 Å². The summed E-state index contributed by atoms with van der Waals surface area (Å²) in [7, 11) is 0. The van der Waals surface area contributed by atoms with Gasteiger partial charge in [0.1, 0.15) is 18.5 Å². The van der Waals surface area contributed by atoms with Gasteiger partial charge < -0.3 is 14.5 Å². The van der Waals surface area contributed by atoms with Crippen molar-refractivity contribution in [3.8, 4) is 17.6 Å². The van der Waals surface area contributed by atoms with Crippen molar-refractivity contribution in [2.24, 2.45) is 0 Å². The fourth-order valence-electron chi connectivity index (χ4n) is 4.47. The Hall–Kier alpha value is -4.82. The first-order valence-electron chi connectivity index (χ1n) is 12.3. The average molecular weight is 486 g/mol. The lowest BCUT2D eigenvalue weighted by Gasteiger charge is -2.17. The van der Waals surface area contributed by atoms with E-state index >= 15 is 0 Å². The number of para-hydroxylation sites is 2. The van der Waals surface area contributed by atoms with E-state index in [1.54, 1.807) is 0 Å². The molecule has 0 spiro atoms. The summed E-state index contributed by atoms with van der Waals surface area (Å²) in [5, 5.41) is 12.3. The Morgan fingerprint density at radius 1 is 1.00 bits per heavy atom. The van der Waals surface area contributed by atoms with Gasteiger partial charge in [0, 0.05) is 5.56 Å². The fraction of sp³-hybridized carbons (Fsp3) is 0.125. The van der Waals surface area contributed by atoms with Gasteiger partial charge in [0.05, 0.1) is 23.2 Å². The first kappa shape index (κ1) is 23.9. The maximum Gasteiger partial charge on any atom is 0.165 e. The molecule has 0 bridgehead atoms. The molecule has 182 valence electrons. The molecule has 0 atom stereocenters. The summed E-state index contributed by atoms with van der Waals surface area (Å²) < 4.78 is 12.4. The minimum atomic E-state index is 0.406. The lowest BCUT2D eigenvalue weighted by molar-refractivity contribution is 0.268. The molecule has 1 aromatic heterocycles. The first-order chi connectivity index (χ1) is 18.2. The van der Waals surface area contributed by atoms with Crippen LogP contribution in [0.2, 0.25) is 0 Å². The van der Waals surface area contributed by atoms with Crippen LogP contribution in [-0.2, 0) is 13.0 Å². The number of allylic oxidation sites excluding steroid dienone is 2. The van der Waals surface area contributed by atoms with Gasteiger partial charge in [-0.1, -0.05) is 60.7 Å². The van der Waals surface area contributed by atoms with E-state index in [1.807, 2.05) is 73.7 Å². The van der Waals surface area contributed by atoms with Crippen LogP contribution in [0.5, 0.6) is 11.5 Å². The molecular weight excluding hydrogens is 458 g/mol. The number of nitrogens with zero attached hydrogens (tertiary/aromatic N) is 2. The second-order valence-corrected chi connectivity index (χ2v) is 8.63. The molecule has 5 heteroatoms. The van der Waals surface area contributed by atoms with Crippen LogP contribution in [0, 0.1) is 11.3 Å². The largest absolute Gasteiger partial charge is 0.490 e. The zero-order valence-electron chi connectivity index (χ0n) is 20.7. The minimum absolute atomic E-state index is 0.406. The molecule has 1 N–H and O–H groups in total. The average Bonchev–Trinajstić information content (AvgIpc) is 3.36. The monoisotopic (exact) mass is 485 g/mol. The lowest BCUT2D eigenvalue weighted by Crippen LogP contribution is -2.04. The van der Waals surface area contributed by atoms with Crippen molar-refractivity contribution in [2.75, 3.05) is 6.61 Å². The highest BCUT2D eigenvalue weighted by Crippen LogP contribution is 2.36. The van der Waals surface area contributed by atoms with E-state index in [-0.39, 0.29) is 0 Å². The first-order valence-corrected chi connectivity index (χ1v) is 12.3. The van der Waals surface area contributed by atoms with Gasteiger partial charge in [-0.05, 0) is 65.6 Å². The number of hydrogen-bond donors (Lipinski definition) is 1. The van der Waals surface area contributed by atoms with Crippen LogP contribution in [-0.4, -0.2) is 16.6 Å². The fourth-order valence-corrected chi connectivity index (χ4v) is 4.47. The molecule has 5 aromatic rings. The summed E-state index contributed by atoms with van der Waals surface area (Å²) in [5.74, 6) is 1.85. The zero-order chi connectivity index (χ0) is 25.6. The smallest absolute Gasteiger partial charge is 0.165 e. The highest BCUT2D eigenvalue weighted by Gasteiger charge is 2.15. The van der Waals surface area contributed by atoms with E-state index in [0.717, 1.165) is 33.1 Å². The number of fused-ring (bicyclic) bond motifs is 2. The quantitative estimate of drug-likeness (QED) is 0.173. The number of ether oxygens (including phenoxy) is 2. The van der Waals surface area contributed by atoms with E-state index in [1.165, 1.54) is 5.39 Å². The third kappa shape index (κ3) is 5.10. The van der Waals surface area contributed by atoms with Gasteiger partial charge >= 0.3 is 0 Å². The van der Waals surface area contributed by atoms with Crippen molar-refractivity contribution in [1.29, 1.82) is 5.26 Å². The zero-order valence-corrected chi connectivity index (χ0v) is 20.7. The molecule has 4 aromatic carbocycles. The molecular formula is C32H27N3O2. The van der Waals surface area contributed by atoms with Crippen LogP contribution in [0.1, 0.15) is 29.4 Å². The molecule has 0 fully saturated rings. The molecule has 0 saturated carbocycles. The number of imidazole rings is 1. The molecule has 5 nitrogen and oxygen atoms in total. The van der Waals surface area contributed by atoms with E-state index in [4.69, 9.17) is 9.47 Å². The Bertz CT molecular complexity index is 1620. The topological polar surface area (TPSA) is 70.9 Å². The number of hydrogen-bond acceptors (Lipinski definition) is 4. The van der Waals surface area contributed by atoms with Crippen LogP contribution in [0.3, 0.4) is 0 Å². The number of aromatic nitrogens is 2. The summed E-state index contributed by atoms with van der Waals surface area (Å²) in [6, 6.07) is 28.5. The number of rotatable bonds is 9. The van der Waals surface area contributed by atoms with E-state index < -0.39 is 0 Å². The Labute approximate surface area is 216 Å². The number of benzene rings is 4. The molecule has 0 radical (unpaired) electrons. The molecule has 5 rings (SSSR count). The molecule has 0 aliphatic rings. The summed E-state index contributed by atoms with van der Waals surface area (Å²) >= 11 is 0. The second-order valence-electron chi connectivity index (χ2n) is 8.63. The van der Waals surface area contributed by atoms with Gasteiger partial charge in [0.25, 0.3) is 0 Å². The maximum absolute atomic E-state index is 9.91. The molecule has 37 heavy (non-hydrogen) atoms. The molecule has 1 heterocycles. The van der Waals surface area contributed by atoms with Crippen molar-refractivity contribution in [3.05, 3.63) is 114 Å². The number of nitriles is 1. The number of aromatic amines is 1.